The summed E-state index contributed by atoms with van der Waals surface area (Å²) in [6.07, 6.45) is 4.37. The molecule has 0 spiro atoms. The van der Waals surface area contributed by atoms with Gasteiger partial charge in [0.25, 0.3) is 5.91 Å². The first kappa shape index (κ1) is 22.0. The number of pyridine rings is 1. The molecule has 0 radical (unpaired) electrons. The average Bonchev–Trinajstić information content (AvgIpc) is 3.09. The van der Waals surface area contributed by atoms with Crippen molar-refractivity contribution in [2.75, 3.05) is 6.61 Å². The van der Waals surface area contributed by atoms with Gasteiger partial charge >= 0.3 is 0 Å². The van der Waals surface area contributed by atoms with Crippen LogP contribution < -0.4 is 4.74 Å². The number of hydrogen-bond donors (Lipinski definition) is 0. The number of nitrogens with zero attached hydrogens (tertiary/aromatic N) is 2. The second-order valence-electron chi connectivity index (χ2n) is 9.03. The second kappa shape index (κ2) is 8.82. The molecule has 1 amide bonds. The molecular formula is C26H27ClN2O4. The van der Waals surface area contributed by atoms with Gasteiger partial charge in [0.2, 0.25) is 0 Å². The van der Waals surface area contributed by atoms with Crippen molar-refractivity contribution in [2.24, 2.45) is 11.8 Å². The lowest BCUT2D eigenvalue weighted by atomic mass is 9.74. The number of rotatable bonds is 5. The van der Waals surface area contributed by atoms with Crippen LogP contribution in [0.1, 0.15) is 43.9 Å². The van der Waals surface area contributed by atoms with Crippen LogP contribution in [0.4, 0.5) is 0 Å². The molecule has 5 rings (SSSR count). The van der Waals surface area contributed by atoms with Gasteiger partial charge in [0, 0.05) is 24.3 Å². The van der Waals surface area contributed by atoms with Gasteiger partial charge in [0.05, 0.1) is 24.1 Å². The third-order valence-electron chi connectivity index (χ3n) is 6.89. The largest absolute Gasteiger partial charge is 0.494 e. The van der Waals surface area contributed by atoms with Gasteiger partial charge < -0.3 is 14.4 Å². The molecule has 1 aliphatic carbocycles. The van der Waals surface area contributed by atoms with Gasteiger partial charge in [0.1, 0.15) is 11.9 Å². The van der Waals surface area contributed by atoms with Crippen LogP contribution in [0.25, 0.3) is 0 Å². The number of fused-ring (bicyclic) bond motifs is 1. The van der Waals surface area contributed by atoms with Crippen molar-refractivity contribution >= 4 is 23.3 Å². The summed E-state index contributed by atoms with van der Waals surface area (Å²) in [6.45, 7) is 4.90. The summed E-state index contributed by atoms with van der Waals surface area (Å²) in [6, 6.07) is 10.8. The van der Waals surface area contributed by atoms with Crippen LogP contribution >= 0.6 is 11.6 Å². The highest BCUT2D eigenvalue weighted by Gasteiger charge is 2.53. The predicted molar refractivity (Wildman–Crippen MR) is 124 cm³/mol. The summed E-state index contributed by atoms with van der Waals surface area (Å²) in [4.78, 5) is 33.3. The lowest BCUT2D eigenvalue weighted by molar-refractivity contribution is -0.136. The lowest BCUT2D eigenvalue weighted by Crippen LogP contribution is -2.44. The number of halogens is 1. The topological polar surface area (TPSA) is 68.7 Å². The fourth-order valence-corrected chi connectivity index (χ4v) is 5.47. The Balaban J connectivity index is 1.55. The molecule has 2 aromatic rings. The molecular weight excluding hydrogens is 440 g/mol. The smallest absolute Gasteiger partial charge is 0.290 e. The first-order chi connectivity index (χ1) is 16.0. The van der Waals surface area contributed by atoms with Crippen molar-refractivity contribution in [1.82, 2.24) is 9.88 Å². The zero-order chi connectivity index (χ0) is 23.1. The summed E-state index contributed by atoms with van der Waals surface area (Å²) in [7, 11) is 0. The van der Waals surface area contributed by atoms with E-state index in [1.807, 2.05) is 43.3 Å². The van der Waals surface area contributed by atoms with E-state index in [2.05, 4.69) is 11.9 Å². The van der Waals surface area contributed by atoms with Gasteiger partial charge in [-0.3, -0.25) is 14.6 Å². The minimum Gasteiger partial charge on any atom is -0.494 e. The number of hydrogen-bond acceptors (Lipinski definition) is 5. The zero-order valence-electron chi connectivity index (χ0n) is 18.7. The Morgan fingerprint density at radius 3 is 2.67 bits per heavy atom. The highest BCUT2D eigenvalue weighted by molar-refractivity contribution is 6.21. The van der Waals surface area contributed by atoms with Gasteiger partial charge in [-0.15, -0.1) is 11.6 Å². The van der Waals surface area contributed by atoms with Crippen LogP contribution in [0.3, 0.4) is 0 Å². The van der Waals surface area contributed by atoms with E-state index in [1.54, 1.807) is 17.3 Å². The van der Waals surface area contributed by atoms with Crippen molar-refractivity contribution in [2.45, 2.75) is 50.8 Å². The maximum atomic E-state index is 13.8. The Bertz CT molecular complexity index is 1090. The van der Waals surface area contributed by atoms with E-state index in [9.17, 15) is 9.59 Å². The Morgan fingerprint density at radius 1 is 1.18 bits per heavy atom. The second-order valence-corrected chi connectivity index (χ2v) is 9.59. The van der Waals surface area contributed by atoms with E-state index in [4.69, 9.17) is 21.1 Å². The number of amides is 1. The first-order valence-electron chi connectivity index (χ1n) is 11.5. The van der Waals surface area contributed by atoms with Crippen molar-refractivity contribution in [3.8, 4) is 5.75 Å². The molecule has 0 saturated heterocycles. The highest BCUT2D eigenvalue weighted by Crippen LogP contribution is 2.48. The molecule has 0 bridgehead atoms. The molecule has 172 valence electrons. The normalized spacial score (nSPS) is 28.9. The number of aromatic nitrogens is 1. The summed E-state index contributed by atoms with van der Waals surface area (Å²) < 4.78 is 11.8. The number of carbonyl (C=O) groups is 2. The van der Waals surface area contributed by atoms with Gasteiger partial charge in [-0.2, -0.15) is 0 Å². The van der Waals surface area contributed by atoms with Crippen molar-refractivity contribution < 1.29 is 19.1 Å². The maximum Gasteiger partial charge on any atom is 0.290 e. The van der Waals surface area contributed by atoms with E-state index in [1.165, 1.54) is 0 Å². The van der Waals surface area contributed by atoms with Gasteiger partial charge in [-0.25, -0.2) is 0 Å². The van der Waals surface area contributed by atoms with Crippen LogP contribution in [0.15, 0.2) is 60.1 Å². The van der Waals surface area contributed by atoms with Gasteiger partial charge in [0.15, 0.2) is 11.5 Å². The lowest BCUT2D eigenvalue weighted by Gasteiger charge is -2.40. The maximum absolute atomic E-state index is 13.8. The first-order valence-corrected chi connectivity index (χ1v) is 11.9. The fourth-order valence-electron chi connectivity index (χ4n) is 5.18. The molecule has 33 heavy (non-hydrogen) atoms. The van der Waals surface area contributed by atoms with Crippen LogP contribution in [0.2, 0.25) is 0 Å². The van der Waals surface area contributed by atoms with Crippen molar-refractivity contribution in [3.63, 3.8) is 0 Å². The molecule has 3 heterocycles. The Hall–Kier alpha value is -2.86. The average molecular weight is 467 g/mol. The van der Waals surface area contributed by atoms with E-state index < -0.39 is 6.04 Å². The van der Waals surface area contributed by atoms with E-state index in [0.29, 0.717) is 31.6 Å². The SMILES string of the molecule is CCOc1ccc(C2C3=C(OC4CC(C)C(Cl)CC4C3=O)C(=O)N2Cc2cccnc2)cc1. The fraction of sp³-hybridized carbons (Fsp3) is 0.423. The molecule has 1 aromatic carbocycles. The number of benzene rings is 1. The van der Waals surface area contributed by atoms with Crippen LogP contribution in [0, 0.1) is 11.8 Å². The number of alkyl halides is 1. The minimum absolute atomic E-state index is 0.0141. The molecule has 7 heteroatoms. The number of Topliss-reactive ketones (excluding diaryl/α,β-unsaturated/α-hetero) is 1. The molecule has 5 atom stereocenters. The molecule has 1 fully saturated rings. The van der Waals surface area contributed by atoms with Crippen LogP contribution in [-0.2, 0) is 20.9 Å². The number of ether oxygens (including phenoxy) is 2. The highest BCUT2D eigenvalue weighted by atomic mass is 35.5. The van der Waals surface area contributed by atoms with E-state index >= 15 is 0 Å². The van der Waals surface area contributed by atoms with E-state index in [-0.39, 0.29) is 40.8 Å². The molecule has 6 nitrogen and oxygen atoms in total. The standard InChI is InChI=1S/C26H27ClN2O4/c1-3-32-18-8-6-17(7-9-18)23-22-24(30)19-12-20(27)15(2)11-21(19)33-25(22)26(31)29(23)14-16-5-4-10-28-13-16/h4-10,13,15,19-21,23H,3,11-12,14H2,1-2H3. The van der Waals surface area contributed by atoms with E-state index in [0.717, 1.165) is 16.9 Å². The van der Waals surface area contributed by atoms with Crippen LogP contribution in [0.5, 0.6) is 5.75 Å². The zero-order valence-corrected chi connectivity index (χ0v) is 19.5. The van der Waals surface area contributed by atoms with Crippen molar-refractivity contribution in [1.29, 1.82) is 0 Å². The molecule has 1 saturated carbocycles. The Kier molecular flexibility index (Phi) is 5.87. The van der Waals surface area contributed by atoms with Gasteiger partial charge in [-0.05, 0) is 55.0 Å². The summed E-state index contributed by atoms with van der Waals surface area (Å²) in [5, 5.41) is -0.0755. The molecule has 2 aliphatic heterocycles. The summed E-state index contributed by atoms with van der Waals surface area (Å²) in [5.41, 5.74) is 2.19. The molecule has 3 aliphatic rings. The molecule has 5 unspecified atom stereocenters. The van der Waals surface area contributed by atoms with Gasteiger partial charge in [-0.1, -0.05) is 25.1 Å². The Labute approximate surface area is 198 Å². The quantitative estimate of drug-likeness (QED) is 0.609. The predicted octanol–water partition coefficient (Wildman–Crippen LogP) is 4.44. The van der Waals surface area contributed by atoms with Crippen LogP contribution in [-0.4, -0.2) is 39.7 Å². The Morgan fingerprint density at radius 2 is 1.97 bits per heavy atom. The third kappa shape index (κ3) is 3.90. The monoisotopic (exact) mass is 466 g/mol. The minimum atomic E-state index is -0.523. The summed E-state index contributed by atoms with van der Waals surface area (Å²) >= 11 is 6.54. The summed E-state index contributed by atoms with van der Waals surface area (Å²) in [5.74, 6) is 0.590. The third-order valence-corrected chi connectivity index (χ3v) is 7.50. The molecule has 1 aromatic heterocycles. The number of ketones is 1. The molecule has 0 N–H and O–H groups in total. The van der Waals surface area contributed by atoms with Crippen molar-refractivity contribution in [3.05, 3.63) is 71.3 Å². The number of carbonyl (C=O) groups excluding carboxylic acids is 2.